The van der Waals surface area contributed by atoms with Crippen LogP contribution >= 0.6 is 11.9 Å². The number of rotatable bonds is 5. The summed E-state index contributed by atoms with van der Waals surface area (Å²) in [5.74, 6) is 0. The minimum atomic E-state index is -4.33. The molecule has 1 N–H and O–H groups in total. The molecule has 0 aromatic rings. The molecule has 0 radical (unpaired) electrons. The van der Waals surface area contributed by atoms with Gasteiger partial charge in [0.05, 0.1) is 6.61 Å². The van der Waals surface area contributed by atoms with E-state index < -0.39 is 11.8 Å². The van der Waals surface area contributed by atoms with E-state index in [0.717, 1.165) is 13.8 Å². The van der Waals surface area contributed by atoms with Gasteiger partial charge in [0.2, 0.25) is 0 Å². The Morgan fingerprint density at radius 2 is 1.56 bits per heavy atom. The second-order valence-electron chi connectivity index (χ2n) is 4.97. The number of hydrogen-bond donors (Lipinski definition) is 1. The zero-order valence-corrected chi connectivity index (χ0v) is 11.2. The third-order valence-electron chi connectivity index (χ3n) is 1.73. The predicted molar refractivity (Wildman–Crippen MR) is 61.4 cm³/mol. The molecular formula is C10H20F3NOS. The Kier molecular flexibility index (Phi) is 5.62. The highest BCUT2D eigenvalue weighted by Gasteiger charge is 2.48. The van der Waals surface area contributed by atoms with Crippen LogP contribution in [0.15, 0.2) is 0 Å². The van der Waals surface area contributed by atoms with Crippen molar-refractivity contribution in [2.75, 3.05) is 13.2 Å². The van der Waals surface area contributed by atoms with Gasteiger partial charge in [-0.05, 0) is 34.6 Å². The Bertz CT molecular complexity index is 211. The molecule has 0 fully saturated rings. The lowest BCUT2D eigenvalue weighted by Gasteiger charge is -2.28. The Labute approximate surface area is 99.4 Å². The van der Waals surface area contributed by atoms with E-state index in [1.165, 1.54) is 11.9 Å². The zero-order chi connectivity index (χ0) is 13.0. The van der Waals surface area contributed by atoms with Crippen LogP contribution in [0.4, 0.5) is 13.2 Å². The number of hydrogen-bond acceptors (Lipinski definition) is 3. The zero-order valence-electron chi connectivity index (χ0n) is 10.4. The molecule has 0 aliphatic rings. The predicted octanol–water partition coefficient (Wildman–Crippen LogP) is 3.38. The minimum absolute atomic E-state index is 0.0373. The fourth-order valence-corrected chi connectivity index (χ4v) is 1.32. The molecule has 0 heterocycles. The number of ether oxygens (including phenoxy) is 1. The molecule has 0 amide bonds. The molecule has 0 aromatic carbocycles. The SMILES string of the molecule is CC(C)(C)SNCCOC(C)(C)C(F)(F)F. The lowest BCUT2D eigenvalue weighted by molar-refractivity contribution is -0.262. The van der Waals surface area contributed by atoms with Crippen LogP contribution in [0.25, 0.3) is 0 Å². The number of alkyl halides is 3. The van der Waals surface area contributed by atoms with Gasteiger partial charge in [-0.25, -0.2) is 0 Å². The fourth-order valence-electron chi connectivity index (χ4n) is 0.697. The molecule has 2 nitrogen and oxygen atoms in total. The highest BCUT2D eigenvalue weighted by molar-refractivity contribution is 7.98. The molecule has 0 aromatic heterocycles. The van der Waals surface area contributed by atoms with Crippen LogP contribution in [0, 0.1) is 0 Å². The van der Waals surface area contributed by atoms with Gasteiger partial charge < -0.3 is 4.74 Å². The molecule has 0 aliphatic heterocycles. The molecule has 0 unspecified atom stereocenters. The van der Waals surface area contributed by atoms with Gasteiger partial charge in [0, 0.05) is 11.3 Å². The summed E-state index contributed by atoms with van der Waals surface area (Å²) in [4.78, 5) is 0. The average molecular weight is 259 g/mol. The Hall–Kier alpha value is 0.0600. The van der Waals surface area contributed by atoms with E-state index in [1.54, 1.807) is 0 Å². The number of nitrogens with one attached hydrogen (secondary N) is 1. The minimum Gasteiger partial charge on any atom is -0.365 e. The van der Waals surface area contributed by atoms with E-state index in [4.69, 9.17) is 4.74 Å². The van der Waals surface area contributed by atoms with Crippen molar-refractivity contribution in [1.82, 2.24) is 4.72 Å². The van der Waals surface area contributed by atoms with Crippen LogP contribution in [0.5, 0.6) is 0 Å². The van der Waals surface area contributed by atoms with Crippen molar-refractivity contribution in [3.05, 3.63) is 0 Å². The summed E-state index contributed by atoms with van der Waals surface area (Å²) in [7, 11) is 0. The summed E-state index contributed by atoms with van der Waals surface area (Å²) < 4.78 is 45.0. The van der Waals surface area contributed by atoms with Gasteiger partial charge in [-0.1, -0.05) is 11.9 Å². The topological polar surface area (TPSA) is 21.3 Å². The van der Waals surface area contributed by atoms with Crippen LogP contribution in [-0.2, 0) is 4.74 Å². The Balaban J connectivity index is 3.75. The lowest BCUT2D eigenvalue weighted by Crippen LogP contribution is -2.43. The summed E-state index contributed by atoms with van der Waals surface area (Å²) in [5.41, 5.74) is -2.08. The third-order valence-corrected chi connectivity index (χ3v) is 2.69. The summed E-state index contributed by atoms with van der Waals surface area (Å²) in [5, 5.41) is 0. The van der Waals surface area contributed by atoms with Gasteiger partial charge in [-0.3, -0.25) is 4.72 Å². The summed E-state index contributed by atoms with van der Waals surface area (Å²) in [6.07, 6.45) is -4.33. The van der Waals surface area contributed by atoms with Crippen molar-refractivity contribution in [2.45, 2.75) is 51.1 Å². The van der Waals surface area contributed by atoms with Crippen molar-refractivity contribution >= 4 is 11.9 Å². The van der Waals surface area contributed by atoms with E-state index >= 15 is 0 Å². The first-order valence-corrected chi connectivity index (χ1v) is 5.89. The molecule has 0 bridgehead atoms. The van der Waals surface area contributed by atoms with Gasteiger partial charge in [0.1, 0.15) is 0 Å². The van der Waals surface area contributed by atoms with Crippen LogP contribution < -0.4 is 4.72 Å². The van der Waals surface area contributed by atoms with Crippen molar-refractivity contribution in [2.24, 2.45) is 0 Å². The quantitative estimate of drug-likeness (QED) is 0.604. The summed E-state index contributed by atoms with van der Waals surface area (Å²) >= 11 is 1.48. The van der Waals surface area contributed by atoms with Gasteiger partial charge in [0.15, 0.2) is 5.60 Å². The van der Waals surface area contributed by atoms with Crippen LogP contribution in [0.3, 0.4) is 0 Å². The van der Waals surface area contributed by atoms with Gasteiger partial charge in [0.25, 0.3) is 0 Å². The molecule has 0 rings (SSSR count). The first-order chi connectivity index (χ1) is 6.96. The average Bonchev–Trinajstić information content (AvgIpc) is 1.98. The van der Waals surface area contributed by atoms with E-state index in [0.29, 0.717) is 6.54 Å². The van der Waals surface area contributed by atoms with Crippen molar-refractivity contribution in [3.8, 4) is 0 Å². The second kappa shape index (κ2) is 5.60. The van der Waals surface area contributed by atoms with Crippen LogP contribution in [-0.4, -0.2) is 29.7 Å². The number of halogens is 3. The van der Waals surface area contributed by atoms with Crippen molar-refractivity contribution in [3.63, 3.8) is 0 Å². The standard InChI is InChI=1S/C10H20F3NOS/c1-8(2,3)16-14-6-7-15-9(4,5)10(11,12)13/h14H,6-7H2,1-5H3. The van der Waals surface area contributed by atoms with E-state index in [-0.39, 0.29) is 11.4 Å². The Morgan fingerprint density at radius 3 is 1.94 bits per heavy atom. The van der Waals surface area contributed by atoms with Gasteiger partial charge >= 0.3 is 6.18 Å². The highest BCUT2D eigenvalue weighted by atomic mass is 32.2. The molecule has 0 saturated carbocycles. The van der Waals surface area contributed by atoms with Crippen LogP contribution in [0.2, 0.25) is 0 Å². The van der Waals surface area contributed by atoms with Crippen LogP contribution in [0.1, 0.15) is 34.6 Å². The largest absolute Gasteiger partial charge is 0.416 e. The molecule has 0 atom stereocenters. The smallest absolute Gasteiger partial charge is 0.365 e. The molecule has 0 aliphatic carbocycles. The molecular weight excluding hydrogens is 239 g/mol. The maximum atomic E-state index is 12.4. The molecule has 6 heteroatoms. The second-order valence-corrected chi connectivity index (χ2v) is 6.68. The van der Waals surface area contributed by atoms with Crippen molar-refractivity contribution in [1.29, 1.82) is 0 Å². The van der Waals surface area contributed by atoms with E-state index in [1.807, 2.05) is 20.8 Å². The maximum absolute atomic E-state index is 12.4. The molecule has 16 heavy (non-hydrogen) atoms. The molecule has 0 saturated heterocycles. The summed E-state index contributed by atoms with van der Waals surface area (Å²) in [6, 6.07) is 0. The molecule has 0 spiro atoms. The first kappa shape index (κ1) is 16.1. The Morgan fingerprint density at radius 1 is 1.06 bits per heavy atom. The third kappa shape index (κ3) is 6.60. The first-order valence-electron chi connectivity index (χ1n) is 5.07. The maximum Gasteiger partial charge on any atom is 0.416 e. The van der Waals surface area contributed by atoms with Gasteiger partial charge in [-0.15, -0.1) is 0 Å². The van der Waals surface area contributed by atoms with Crippen molar-refractivity contribution < 1.29 is 17.9 Å². The van der Waals surface area contributed by atoms with Gasteiger partial charge in [-0.2, -0.15) is 13.2 Å². The summed E-state index contributed by atoms with van der Waals surface area (Å²) in [6.45, 7) is 8.55. The highest BCUT2D eigenvalue weighted by Crippen LogP contribution is 2.32. The monoisotopic (exact) mass is 259 g/mol. The molecule has 98 valence electrons. The lowest BCUT2D eigenvalue weighted by atomic mass is 10.1. The van der Waals surface area contributed by atoms with E-state index in [9.17, 15) is 13.2 Å². The fraction of sp³-hybridized carbons (Fsp3) is 1.00. The van der Waals surface area contributed by atoms with E-state index in [2.05, 4.69) is 4.72 Å². The normalized spacial score (nSPS) is 14.2.